The van der Waals surface area contributed by atoms with Gasteiger partial charge in [0.25, 0.3) is 0 Å². The summed E-state index contributed by atoms with van der Waals surface area (Å²) in [7, 11) is 0. The molecule has 0 rings (SSSR count). The molecular formula is C8H19NO. The first-order chi connectivity index (χ1) is 4.57. The van der Waals surface area contributed by atoms with Crippen molar-refractivity contribution >= 4 is 0 Å². The molecule has 0 spiro atoms. The SMILES string of the molecule is CCC(O)C(N)CC(C)C. The highest BCUT2D eigenvalue weighted by atomic mass is 16.3. The molecule has 0 heterocycles. The molecule has 0 bridgehead atoms. The van der Waals surface area contributed by atoms with Gasteiger partial charge in [0.1, 0.15) is 0 Å². The van der Waals surface area contributed by atoms with Crippen molar-refractivity contribution in [1.29, 1.82) is 0 Å². The number of hydrogen-bond donors (Lipinski definition) is 2. The van der Waals surface area contributed by atoms with E-state index in [1.807, 2.05) is 6.92 Å². The molecule has 0 aromatic rings. The second kappa shape index (κ2) is 4.69. The van der Waals surface area contributed by atoms with Crippen LogP contribution in [0.15, 0.2) is 0 Å². The molecule has 2 nitrogen and oxygen atoms in total. The zero-order valence-corrected chi connectivity index (χ0v) is 7.17. The Kier molecular flexibility index (Phi) is 4.65. The van der Waals surface area contributed by atoms with Gasteiger partial charge in [-0.2, -0.15) is 0 Å². The molecule has 2 heteroatoms. The summed E-state index contributed by atoms with van der Waals surface area (Å²) in [5.74, 6) is 0.580. The van der Waals surface area contributed by atoms with Gasteiger partial charge in [0.2, 0.25) is 0 Å². The van der Waals surface area contributed by atoms with Crippen LogP contribution in [0.1, 0.15) is 33.6 Å². The highest BCUT2D eigenvalue weighted by Gasteiger charge is 2.13. The average Bonchev–Trinajstić information content (AvgIpc) is 1.85. The minimum absolute atomic E-state index is 0.0370. The number of nitrogens with two attached hydrogens (primary N) is 1. The van der Waals surface area contributed by atoms with Gasteiger partial charge in [-0.1, -0.05) is 20.8 Å². The molecule has 2 unspecified atom stereocenters. The van der Waals surface area contributed by atoms with Crippen molar-refractivity contribution in [3.8, 4) is 0 Å². The zero-order valence-electron chi connectivity index (χ0n) is 7.17. The van der Waals surface area contributed by atoms with Crippen molar-refractivity contribution in [2.45, 2.75) is 45.8 Å². The summed E-state index contributed by atoms with van der Waals surface area (Å²) in [5, 5.41) is 9.25. The van der Waals surface area contributed by atoms with Gasteiger partial charge >= 0.3 is 0 Å². The third-order valence-electron chi connectivity index (χ3n) is 1.66. The largest absolute Gasteiger partial charge is 0.392 e. The molecule has 0 amide bonds. The molecule has 0 aromatic heterocycles. The maximum atomic E-state index is 9.25. The first-order valence-corrected chi connectivity index (χ1v) is 4.01. The van der Waals surface area contributed by atoms with Crippen LogP contribution in [0.4, 0.5) is 0 Å². The minimum atomic E-state index is -0.317. The molecule has 2 atom stereocenters. The number of aliphatic hydroxyl groups excluding tert-OH is 1. The van der Waals surface area contributed by atoms with E-state index in [1.165, 1.54) is 0 Å². The second-order valence-corrected chi connectivity index (χ2v) is 3.27. The topological polar surface area (TPSA) is 46.2 Å². The van der Waals surface area contributed by atoms with Crippen LogP contribution in [0.2, 0.25) is 0 Å². The van der Waals surface area contributed by atoms with E-state index in [0.29, 0.717) is 5.92 Å². The van der Waals surface area contributed by atoms with E-state index < -0.39 is 0 Å². The summed E-state index contributed by atoms with van der Waals surface area (Å²) >= 11 is 0. The van der Waals surface area contributed by atoms with Crippen molar-refractivity contribution in [2.24, 2.45) is 11.7 Å². The van der Waals surface area contributed by atoms with Crippen molar-refractivity contribution in [3.63, 3.8) is 0 Å². The summed E-state index contributed by atoms with van der Waals surface area (Å²) in [6.45, 7) is 6.18. The van der Waals surface area contributed by atoms with Crippen molar-refractivity contribution in [1.82, 2.24) is 0 Å². The number of hydrogen-bond acceptors (Lipinski definition) is 2. The van der Waals surface area contributed by atoms with Crippen LogP contribution in [-0.2, 0) is 0 Å². The van der Waals surface area contributed by atoms with Gasteiger partial charge in [0.15, 0.2) is 0 Å². The average molecular weight is 145 g/mol. The first-order valence-electron chi connectivity index (χ1n) is 4.01. The Hall–Kier alpha value is -0.0800. The fourth-order valence-electron chi connectivity index (χ4n) is 1.00. The summed E-state index contributed by atoms with van der Waals surface area (Å²) in [6.07, 6.45) is 1.35. The predicted molar refractivity (Wildman–Crippen MR) is 43.7 cm³/mol. The van der Waals surface area contributed by atoms with E-state index in [9.17, 15) is 5.11 Å². The second-order valence-electron chi connectivity index (χ2n) is 3.27. The van der Waals surface area contributed by atoms with E-state index in [2.05, 4.69) is 13.8 Å². The zero-order chi connectivity index (χ0) is 8.15. The molecule has 0 aromatic carbocycles. The fraction of sp³-hybridized carbons (Fsp3) is 1.00. The molecule has 0 aliphatic carbocycles. The third-order valence-corrected chi connectivity index (χ3v) is 1.66. The number of rotatable bonds is 4. The molecule has 3 N–H and O–H groups in total. The van der Waals surface area contributed by atoms with Crippen LogP contribution in [-0.4, -0.2) is 17.3 Å². The maximum absolute atomic E-state index is 9.25. The maximum Gasteiger partial charge on any atom is 0.0688 e. The normalized spacial score (nSPS) is 17.4. The Morgan fingerprint density at radius 1 is 1.40 bits per heavy atom. The van der Waals surface area contributed by atoms with Crippen LogP contribution >= 0.6 is 0 Å². The van der Waals surface area contributed by atoms with Crippen LogP contribution in [0.25, 0.3) is 0 Å². The van der Waals surface area contributed by atoms with E-state index in [-0.39, 0.29) is 12.1 Å². The molecule has 0 radical (unpaired) electrons. The molecule has 0 saturated heterocycles. The Morgan fingerprint density at radius 3 is 2.20 bits per heavy atom. The van der Waals surface area contributed by atoms with Gasteiger partial charge in [0, 0.05) is 6.04 Å². The van der Waals surface area contributed by atoms with Crippen LogP contribution in [0.3, 0.4) is 0 Å². The van der Waals surface area contributed by atoms with Gasteiger partial charge in [-0.25, -0.2) is 0 Å². The lowest BCUT2D eigenvalue weighted by atomic mass is 9.99. The predicted octanol–water partition coefficient (Wildman–Crippen LogP) is 1.13. The third kappa shape index (κ3) is 3.85. The first kappa shape index (κ1) is 9.92. The van der Waals surface area contributed by atoms with Crippen molar-refractivity contribution < 1.29 is 5.11 Å². The molecular weight excluding hydrogens is 126 g/mol. The van der Waals surface area contributed by atoms with Gasteiger partial charge in [0.05, 0.1) is 6.10 Å². The molecule has 0 aliphatic rings. The highest BCUT2D eigenvalue weighted by Crippen LogP contribution is 2.07. The summed E-state index contributed by atoms with van der Waals surface area (Å²) in [6, 6.07) is -0.0370. The summed E-state index contributed by atoms with van der Waals surface area (Å²) < 4.78 is 0. The quantitative estimate of drug-likeness (QED) is 0.623. The van der Waals surface area contributed by atoms with Crippen LogP contribution in [0.5, 0.6) is 0 Å². The van der Waals surface area contributed by atoms with Crippen LogP contribution in [0, 0.1) is 5.92 Å². The minimum Gasteiger partial charge on any atom is -0.392 e. The van der Waals surface area contributed by atoms with Crippen LogP contribution < -0.4 is 5.73 Å². The van der Waals surface area contributed by atoms with Gasteiger partial charge in [-0.3, -0.25) is 0 Å². The molecule has 10 heavy (non-hydrogen) atoms. The van der Waals surface area contributed by atoms with Gasteiger partial charge in [-0.15, -0.1) is 0 Å². The Bertz CT molecular complexity index is 83.3. The summed E-state index contributed by atoms with van der Waals surface area (Å²) in [4.78, 5) is 0. The lowest BCUT2D eigenvalue weighted by molar-refractivity contribution is 0.130. The Balaban J connectivity index is 3.50. The van der Waals surface area contributed by atoms with Crippen molar-refractivity contribution in [2.75, 3.05) is 0 Å². The smallest absolute Gasteiger partial charge is 0.0688 e. The highest BCUT2D eigenvalue weighted by molar-refractivity contribution is 4.71. The van der Waals surface area contributed by atoms with E-state index in [1.54, 1.807) is 0 Å². The van der Waals surface area contributed by atoms with Gasteiger partial charge < -0.3 is 10.8 Å². The van der Waals surface area contributed by atoms with E-state index >= 15 is 0 Å². The lowest BCUT2D eigenvalue weighted by Gasteiger charge is -2.18. The standard InChI is InChI=1S/C8H19NO/c1-4-8(10)7(9)5-6(2)3/h6-8,10H,4-5,9H2,1-3H3. The Labute approximate surface area is 63.4 Å². The van der Waals surface area contributed by atoms with Gasteiger partial charge in [-0.05, 0) is 18.8 Å². The Morgan fingerprint density at radius 2 is 1.90 bits per heavy atom. The monoisotopic (exact) mass is 145 g/mol. The lowest BCUT2D eigenvalue weighted by Crippen LogP contribution is -2.35. The molecule has 0 fully saturated rings. The molecule has 0 saturated carbocycles. The fourth-order valence-corrected chi connectivity index (χ4v) is 1.00. The molecule has 0 aliphatic heterocycles. The molecule has 62 valence electrons. The summed E-state index contributed by atoms with van der Waals surface area (Å²) in [5.41, 5.74) is 5.68. The number of aliphatic hydroxyl groups is 1. The van der Waals surface area contributed by atoms with E-state index in [4.69, 9.17) is 5.73 Å². The van der Waals surface area contributed by atoms with E-state index in [0.717, 1.165) is 12.8 Å². The van der Waals surface area contributed by atoms with Crippen molar-refractivity contribution in [3.05, 3.63) is 0 Å².